The molecule has 9 rings (SSSR count). The van der Waals surface area contributed by atoms with E-state index in [0.717, 1.165) is 59.8 Å². The summed E-state index contributed by atoms with van der Waals surface area (Å²) in [5.74, 6) is -2.43. The van der Waals surface area contributed by atoms with Gasteiger partial charge in [0, 0.05) is 81.1 Å². The van der Waals surface area contributed by atoms with Crippen molar-refractivity contribution in [2.45, 2.75) is 105 Å². The van der Waals surface area contributed by atoms with Crippen LogP contribution in [0.5, 0.6) is 0 Å². The highest BCUT2D eigenvalue weighted by molar-refractivity contribution is 6.40. The molecule has 3 saturated heterocycles. The van der Waals surface area contributed by atoms with E-state index in [4.69, 9.17) is 4.74 Å². The predicted molar refractivity (Wildman–Crippen MR) is 270 cm³/mol. The van der Waals surface area contributed by atoms with Crippen molar-refractivity contribution in [3.63, 3.8) is 0 Å². The van der Waals surface area contributed by atoms with Crippen LogP contribution in [0.2, 0.25) is 0 Å². The number of hydrogen-bond acceptors (Lipinski definition) is 11. The average Bonchev–Trinajstić information content (AvgIpc) is 4.02. The van der Waals surface area contributed by atoms with Crippen LogP contribution in [0.4, 0.5) is 11.4 Å². The molecule has 0 saturated carbocycles. The number of carbonyl (C=O) groups is 4. The summed E-state index contributed by atoms with van der Waals surface area (Å²) < 4.78 is 7.74. The second kappa shape index (κ2) is 21.2. The van der Waals surface area contributed by atoms with Gasteiger partial charge in [0.2, 0.25) is 0 Å². The molecule has 3 aliphatic rings. The molecule has 0 bridgehead atoms. The zero-order valence-electron chi connectivity index (χ0n) is 41.8. The number of rotatable bonds is 7. The van der Waals surface area contributed by atoms with E-state index in [2.05, 4.69) is 101 Å². The van der Waals surface area contributed by atoms with Gasteiger partial charge < -0.3 is 25.2 Å². The minimum Gasteiger partial charge on any atom is -0.356 e. The highest BCUT2D eigenvalue weighted by Crippen LogP contribution is 2.34. The first-order valence-corrected chi connectivity index (χ1v) is 24.5. The third-order valence-electron chi connectivity index (χ3n) is 13.1. The highest BCUT2D eigenvalue weighted by Gasteiger charge is 2.40. The van der Waals surface area contributed by atoms with Crippen molar-refractivity contribution in [3.8, 4) is 0 Å². The summed E-state index contributed by atoms with van der Waals surface area (Å²) in [4.78, 5) is 70.2. The van der Waals surface area contributed by atoms with Gasteiger partial charge in [-0.1, -0.05) is 102 Å². The number of hydrogen-bond donors (Lipinski definition) is 3. The Labute approximate surface area is 410 Å². The first-order chi connectivity index (χ1) is 33.4. The van der Waals surface area contributed by atoms with Crippen molar-refractivity contribution in [1.82, 2.24) is 49.5 Å². The van der Waals surface area contributed by atoms with Crippen molar-refractivity contribution in [3.05, 3.63) is 109 Å². The molecule has 6 aromatic rings. The van der Waals surface area contributed by atoms with E-state index in [-0.39, 0.29) is 41.2 Å². The summed E-state index contributed by atoms with van der Waals surface area (Å²) in [6.45, 7) is 22.4. The Morgan fingerprint density at radius 1 is 0.643 bits per heavy atom. The summed E-state index contributed by atoms with van der Waals surface area (Å²) in [5, 5.41) is 18.5. The van der Waals surface area contributed by atoms with Crippen LogP contribution < -0.4 is 10.6 Å². The summed E-state index contributed by atoms with van der Waals surface area (Å²) in [6, 6.07) is 19.8. The lowest BCUT2D eigenvalue weighted by molar-refractivity contribution is -0.148. The van der Waals surface area contributed by atoms with Gasteiger partial charge in [0.25, 0.3) is 0 Å². The third-order valence-corrected chi connectivity index (χ3v) is 13.1. The maximum atomic E-state index is 13.7. The van der Waals surface area contributed by atoms with Crippen LogP contribution in [-0.4, -0.2) is 131 Å². The zero-order chi connectivity index (χ0) is 49.7. The van der Waals surface area contributed by atoms with Gasteiger partial charge in [0.05, 0.1) is 59.3 Å². The maximum Gasteiger partial charge on any atom is 0.314 e. The van der Waals surface area contributed by atoms with E-state index in [0.29, 0.717) is 49.7 Å². The molecule has 70 heavy (non-hydrogen) atoms. The molecule has 3 aliphatic heterocycles. The van der Waals surface area contributed by atoms with Crippen LogP contribution in [0.25, 0.3) is 21.8 Å². The first kappa shape index (κ1) is 49.8. The molecule has 4 amide bonds. The van der Waals surface area contributed by atoms with E-state index >= 15 is 0 Å². The summed E-state index contributed by atoms with van der Waals surface area (Å²) >= 11 is 0. The number of H-pyrrole nitrogens is 1. The molecule has 17 nitrogen and oxygen atoms in total. The smallest absolute Gasteiger partial charge is 0.314 e. The topological polar surface area (TPSA) is 187 Å². The summed E-state index contributed by atoms with van der Waals surface area (Å²) in [7, 11) is 0. The Morgan fingerprint density at radius 3 is 1.67 bits per heavy atom. The lowest BCUT2D eigenvalue weighted by atomic mass is 9.92. The molecule has 5 atom stereocenters. The zero-order valence-corrected chi connectivity index (χ0v) is 41.8. The van der Waals surface area contributed by atoms with Crippen molar-refractivity contribution in [2.75, 3.05) is 56.5 Å². The molecule has 4 aromatic heterocycles. The van der Waals surface area contributed by atoms with Crippen molar-refractivity contribution in [1.29, 1.82) is 0 Å². The van der Waals surface area contributed by atoms with Crippen molar-refractivity contribution >= 4 is 56.8 Å². The Hall–Kier alpha value is -6.56. The van der Waals surface area contributed by atoms with Crippen LogP contribution in [0, 0.1) is 10.8 Å². The summed E-state index contributed by atoms with van der Waals surface area (Å²) in [5.41, 5.74) is 4.56. The van der Waals surface area contributed by atoms with Crippen molar-refractivity contribution in [2.24, 2.45) is 10.8 Å². The van der Waals surface area contributed by atoms with Gasteiger partial charge in [-0.3, -0.25) is 44.0 Å². The number of aromatic nitrogens is 6. The Morgan fingerprint density at radius 2 is 1.16 bits per heavy atom. The van der Waals surface area contributed by atoms with E-state index in [1.807, 2.05) is 60.7 Å². The number of pyridine rings is 2. The van der Waals surface area contributed by atoms with Crippen LogP contribution in [0.15, 0.2) is 97.8 Å². The quantitative estimate of drug-likeness (QED) is 0.134. The minimum atomic E-state index is -0.675. The summed E-state index contributed by atoms with van der Waals surface area (Å²) in [6.07, 6.45) is 12.5. The SMILES string of the molecule is C[C@@H]1CN(C(=O)C(=O)Nc2cncc3cn[nH]c23)[C@@H](c2ccccc2)CN1CC(C)(C)C.C[C@@H]1CN(C(=O)C(=O)Nc2cncc3cnn(C4CCCCO4)c23)[C@@H](c2ccccc2)CN1CC(C)(C)C. The van der Waals surface area contributed by atoms with E-state index in [1.165, 1.54) is 6.20 Å². The van der Waals surface area contributed by atoms with Crippen LogP contribution >= 0.6 is 0 Å². The number of fused-ring (bicyclic) bond motifs is 2. The molecule has 1 unspecified atom stereocenters. The number of anilines is 2. The number of nitrogens with one attached hydrogen (secondary N) is 3. The Kier molecular flexibility index (Phi) is 15.1. The predicted octanol–water partition coefficient (Wildman–Crippen LogP) is 7.61. The van der Waals surface area contributed by atoms with Crippen LogP contribution in [-0.2, 0) is 23.9 Å². The first-order valence-electron chi connectivity index (χ1n) is 24.5. The second-order valence-electron chi connectivity index (χ2n) is 21.4. The number of amides is 4. The fourth-order valence-electron chi connectivity index (χ4n) is 9.89. The molecule has 0 aliphatic carbocycles. The maximum absolute atomic E-state index is 13.7. The standard InChI is InChI=1S/C29H38N6O3.C24H30N6O2/c1-20-17-34(24(21-10-6-5-7-11-21)18-33(20)19-29(2,3)4)28(37)27(36)32-23-16-30-14-22-15-31-35(26(22)23)25-12-8-9-13-38-25;1-16-13-30(20(17-8-6-5-7-9-17)14-29(16)15-24(2,3)4)23(32)22(31)27-19-12-25-10-18-11-26-28-21(18)19/h5-7,10-11,14-16,20,24-25H,8-9,12-13,17-19H2,1-4H3,(H,32,36);5-12,16,20H,13-15H2,1-4H3,(H,26,28)(H,27,31)/t20-,24-,25?;16-,20-/m11/s1. The number of benzene rings is 2. The molecule has 0 radical (unpaired) electrons. The molecule has 3 fully saturated rings. The lowest BCUT2D eigenvalue weighted by Gasteiger charge is -2.47. The number of nitrogens with zero attached hydrogens (tertiary/aromatic N) is 9. The lowest BCUT2D eigenvalue weighted by Crippen LogP contribution is -2.58. The Balaban J connectivity index is 0.000000191. The van der Waals surface area contributed by atoms with Gasteiger partial charge in [-0.15, -0.1) is 0 Å². The van der Waals surface area contributed by atoms with E-state index < -0.39 is 23.6 Å². The number of carbonyl (C=O) groups excluding carboxylic acids is 4. The Bertz CT molecular complexity index is 2760. The fourth-order valence-corrected chi connectivity index (χ4v) is 9.89. The number of aromatic amines is 1. The van der Waals surface area contributed by atoms with Gasteiger partial charge in [0.1, 0.15) is 0 Å². The molecule has 370 valence electrons. The van der Waals surface area contributed by atoms with E-state index in [9.17, 15) is 19.2 Å². The van der Waals surface area contributed by atoms with Gasteiger partial charge in [-0.2, -0.15) is 10.2 Å². The molecule has 2 aromatic carbocycles. The molecule has 17 heteroatoms. The van der Waals surface area contributed by atoms with Gasteiger partial charge >= 0.3 is 23.6 Å². The van der Waals surface area contributed by atoms with Crippen molar-refractivity contribution < 1.29 is 23.9 Å². The third kappa shape index (κ3) is 11.7. The monoisotopic (exact) mass is 953 g/mol. The molecule has 0 spiro atoms. The fraction of sp³-hybridized carbons (Fsp3) is 0.472. The van der Waals surface area contributed by atoms with Gasteiger partial charge in [-0.05, 0) is 55.1 Å². The van der Waals surface area contributed by atoms with Crippen LogP contribution in [0.1, 0.15) is 104 Å². The molecular weight excluding hydrogens is 885 g/mol. The van der Waals surface area contributed by atoms with Gasteiger partial charge in [-0.25, -0.2) is 4.68 Å². The normalized spacial score (nSPS) is 21.5. The average molecular weight is 953 g/mol. The highest BCUT2D eigenvalue weighted by atomic mass is 16.5. The van der Waals surface area contributed by atoms with E-state index in [1.54, 1.807) is 45.5 Å². The number of piperazine rings is 2. The molecule has 7 heterocycles. The van der Waals surface area contributed by atoms with Gasteiger partial charge in [0.15, 0.2) is 6.23 Å². The minimum absolute atomic E-state index is 0.121. The van der Waals surface area contributed by atoms with Crippen LogP contribution in [0.3, 0.4) is 0 Å². The largest absolute Gasteiger partial charge is 0.356 e. The molecular formula is C53H68N12O5. The number of ether oxygens (including phenoxy) is 1. The molecule has 3 N–H and O–H groups in total. The second-order valence-corrected chi connectivity index (χ2v) is 21.4.